The molecule has 0 radical (unpaired) electrons. The number of nitrogens with one attached hydrogen (secondary N) is 1. The number of aryl methyl sites for hydroxylation is 1. The quantitative estimate of drug-likeness (QED) is 0.498. The smallest absolute Gasteiger partial charge is 0.414 e. The first kappa shape index (κ1) is 22.7. The first-order chi connectivity index (χ1) is 15.9. The average molecular weight is 511 g/mol. The number of hydrogen-bond acceptors (Lipinski definition) is 6. The van der Waals surface area contributed by atoms with Gasteiger partial charge in [-0.2, -0.15) is 0 Å². The summed E-state index contributed by atoms with van der Waals surface area (Å²) in [7, 11) is 3.11. The lowest BCUT2D eigenvalue weighted by Gasteiger charge is -2.14. The molecule has 8 nitrogen and oxygen atoms in total. The Bertz CT molecular complexity index is 1260. The van der Waals surface area contributed by atoms with Crippen molar-refractivity contribution in [3.8, 4) is 5.88 Å². The predicted molar refractivity (Wildman–Crippen MR) is 129 cm³/mol. The van der Waals surface area contributed by atoms with Crippen molar-refractivity contribution in [3.63, 3.8) is 0 Å². The summed E-state index contributed by atoms with van der Waals surface area (Å²) in [5.74, 6) is 0.201. The molecular formula is C24H23BrN4O4. The lowest BCUT2D eigenvalue weighted by molar-refractivity contribution is -0.117. The molecule has 0 unspecified atom stereocenters. The number of aromatic nitrogens is 2. The second-order valence-electron chi connectivity index (χ2n) is 7.62. The molecule has 0 spiro atoms. The molecule has 3 heterocycles. The van der Waals surface area contributed by atoms with E-state index in [0.717, 1.165) is 21.3 Å². The number of anilines is 1. The predicted octanol–water partition coefficient (Wildman–Crippen LogP) is 4.25. The van der Waals surface area contributed by atoms with Crippen molar-refractivity contribution < 1.29 is 19.1 Å². The van der Waals surface area contributed by atoms with Gasteiger partial charge in [0.2, 0.25) is 11.8 Å². The van der Waals surface area contributed by atoms with Crippen LogP contribution in [0.3, 0.4) is 0 Å². The number of likely N-dealkylation sites (N-methyl/N-ethyl adjacent to an activating group) is 1. The summed E-state index contributed by atoms with van der Waals surface area (Å²) in [6.07, 6.45) is 2.76. The number of cyclic esters (lactones) is 1. The van der Waals surface area contributed by atoms with E-state index < -0.39 is 12.2 Å². The number of pyridine rings is 2. The van der Waals surface area contributed by atoms with E-state index in [1.165, 1.54) is 0 Å². The molecule has 9 heteroatoms. The number of benzene rings is 1. The van der Waals surface area contributed by atoms with E-state index in [4.69, 9.17) is 9.47 Å². The zero-order valence-corrected chi connectivity index (χ0v) is 20.0. The average Bonchev–Trinajstić information content (AvgIpc) is 3.19. The van der Waals surface area contributed by atoms with Crippen molar-refractivity contribution in [2.75, 3.05) is 25.6 Å². The fourth-order valence-corrected chi connectivity index (χ4v) is 4.02. The SMILES string of the molecule is CNC(=O)C(=Cc1ccnc2ccc(OC)nc12)C[C@@H]1CN(c2ccc(C)c(Br)c2)C(=O)O1. The molecule has 0 bridgehead atoms. The number of rotatable bonds is 6. The summed E-state index contributed by atoms with van der Waals surface area (Å²) in [6, 6.07) is 11.0. The van der Waals surface area contributed by atoms with Crippen LogP contribution in [0.5, 0.6) is 5.88 Å². The molecule has 1 aliphatic rings. The van der Waals surface area contributed by atoms with Crippen LogP contribution in [0, 0.1) is 6.92 Å². The van der Waals surface area contributed by atoms with Crippen molar-refractivity contribution in [1.29, 1.82) is 0 Å². The number of methoxy groups -OCH3 is 1. The maximum Gasteiger partial charge on any atom is 0.414 e. The molecule has 3 aromatic rings. The number of carbonyl (C=O) groups is 2. The molecule has 1 fully saturated rings. The lowest BCUT2D eigenvalue weighted by atomic mass is 10.0. The standard InChI is InChI=1S/C24H23BrN4O4/c1-14-4-5-17(12-19(14)25)29-13-18(33-24(29)31)11-16(23(30)26-2)10-15-8-9-27-20-6-7-21(32-3)28-22(15)20/h4-10,12,18H,11,13H2,1-3H3,(H,26,30)/t18-/m1/s1. The van der Waals surface area contributed by atoms with Crippen molar-refractivity contribution in [2.45, 2.75) is 19.4 Å². The molecule has 1 N–H and O–H groups in total. The first-order valence-electron chi connectivity index (χ1n) is 10.4. The van der Waals surface area contributed by atoms with Gasteiger partial charge < -0.3 is 14.8 Å². The summed E-state index contributed by atoms with van der Waals surface area (Å²) in [4.78, 5) is 35.6. The van der Waals surface area contributed by atoms with E-state index in [1.54, 1.807) is 43.5 Å². The third-order valence-corrected chi connectivity index (χ3v) is 6.29. The molecule has 33 heavy (non-hydrogen) atoms. The highest BCUT2D eigenvalue weighted by Gasteiger charge is 2.34. The van der Waals surface area contributed by atoms with Gasteiger partial charge in [0.1, 0.15) is 6.10 Å². The summed E-state index contributed by atoms with van der Waals surface area (Å²) < 4.78 is 11.7. The third kappa shape index (κ3) is 4.83. The van der Waals surface area contributed by atoms with Gasteiger partial charge in [0.15, 0.2) is 0 Å². The molecule has 2 aromatic heterocycles. The van der Waals surface area contributed by atoms with Crippen LogP contribution in [0.25, 0.3) is 17.1 Å². The van der Waals surface area contributed by atoms with Crippen LogP contribution in [0.15, 0.2) is 52.6 Å². The van der Waals surface area contributed by atoms with Crippen molar-refractivity contribution in [3.05, 3.63) is 63.8 Å². The number of carbonyl (C=O) groups excluding carboxylic acids is 2. The topological polar surface area (TPSA) is 93.6 Å². The number of nitrogens with zero attached hydrogens (tertiary/aromatic N) is 3. The van der Waals surface area contributed by atoms with Gasteiger partial charge in [-0.05, 0) is 42.8 Å². The molecule has 1 atom stereocenters. The van der Waals surface area contributed by atoms with Crippen molar-refractivity contribution >= 4 is 50.7 Å². The second kappa shape index (κ2) is 9.58. The van der Waals surface area contributed by atoms with Gasteiger partial charge in [-0.1, -0.05) is 22.0 Å². The molecule has 170 valence electrons. The normalized spacial score (nSPS) is 16.1. The first-order valence-corrected chi connectivity index (χ1v) is 11.2. The largest absolute Gasteiger partial charge is 0.481 e. The summed E-state index contributed by atoms with van der Waals surface area (Å²) in [5, 5.41) is 2.67. The Labute approximate surface area is 199 Å². The van der Waals surface area contributed by atoms with Crippen LogP contribution in [-0.4, -0.2) is 48.8 Å². The van der Waals surface area contributed by atoms with E-state index in [-0.39, 0.29) is 12.3 Å². The van der Waals surface area contributed by atoms with Crippen LogP contribution in [0.4, 0.5) is 10.5 Å². The number of hydrogen-bond donors (Lipinski definition) is 1. The molecule has 0 aliphatic carbocycles. The van der Waals surface area contributed by atoms with Crippen LogP contribution in [0.2, 0.25) is 0 Å². The highest BCUT2D eigenvalue weighted by molar-refractivity contribution is 9.10. The lowest BCUT2D eigenvalue weighted by Crippen LogP contribution is -2.26. The zero-order chi connectivity index (χ0) is 23.5. The molecule has 2 amide bonds. The minimum absolute atomic E-state index is 0.253. The molecule has 1 aromatic carbocycles. The Balaban J connectivity index is 1.62. The van der Waals surface area contributed by atoms with Gasteiger partial charge in [-0.25, -0.2) is 9.78 Å². The van der Waals surface area contributed by atoms with Crippen LogP contribution in [0.1, 0.15) is 17.5 Å². The van der Waals surface area contributed by atoms with E-state index >= 15 is 0 Å². The highest BCUT2D eigenvalue weighted by Crippen LogP contribution is 2.29. The second-order valence-corrected chi connectivity index (χ2v) is 8.48. The Morgan fingerprint density at radius 2 is 2.15 bits per heavy atom. The van der Waals surface area contributed by atoms with Crippen molar-refractivity contribution in [1.82, 2.24) is 15.3 Å². The van der Waals surface area contributed by atoms with E-state index in [9.17, 15) is 9.59 Å². The number of fused-ring (bicyclic) bond motifs is 1. The Morgan fingerprint density at radius 3 is 2.88 bits per heavy atom. The van der Waals surface area contributed by atoms with E-state index in [0.29, 0.717) is 29.0 Å². The molecular weight excluding hydrogens is 488 g/mol. The zero-order valence-electron chi connectivity index (χ0n) is 18.5. The van der Waals surface area contributed by atoms with Gasteiger partial charge in [-0.15, -0.1) is 0 Å². The highest BCUT2D eigenvalue weighted by atomic mass is 79.9. The number of halogens is 1. The van der Waals surface area contributed by atoms with Gasteiger partial charge in [-0.3, -0.25) is 14.7 Å². The minimum atomic E-state index is -0.475. The van der Waals surface area contributed by atoms with Gasteiger partial charge in [0.05, 0.1) is 24.7 Å². The number of amides is 2. The molecule has 1 saturated heterocycles. The van der Waals surface area contributed by atoms with Crippen LogP contribution >= 0.6 is 15.9 Å². The summed E-state index contributed by atoms with van der Waals surface area (Å²) >= 11 is 3.50. The van der Waals surface area contributed by atoms with Crippen LogP contribution < -0.4 is 15.0 Å². The maximum absolute atomic E-state index is 12.7. The van der Waals surface area contributed by atoms with E-state index in [1.807, 2.05) is 31.2 Å². The van der Waals surface area contributed by atoms with Gasteiger partial charge in [0.25, 0.3) is 0 Å². The molecule has 4 rings (SSSR count). The molecule has 0 saturated carbocycles. The third-order valence-electron chi connectivity index (χ3n) is 5.44. The maximum atomic E-state index is 12.7. The van der Waals surface area contributed by atoms with E-state index in [2.05, 4.69) is 31.2 Å². The Kier molecular flexibility index (Phi) is 6.60. The fraction of sp³-hybridized carbons (Fsp3) is 0.250. The fourth-order valence-electron chi connectivity index (χ4n) is 3.66. The molecule has 1 aliphatic heterocycles. The number of ether oxygens (including phenoxy) is 2. The summed E-state index contributed by atoms with van der Waals surface area (Å²) in [5.41, 5.74) is 4.31. The van der Waals surface area contributed by atoms with Crippen molar-refractivity contribution in [2.24, 2.45) is 0 Å². The summed E-state index contributed by atoms with van der Waals surface area (Å²) in [6.45, 7) is 2.32. The minimum Gasteiger partial charge on any atom is -0.481 e. The monoisotopic (exact) mass is 510 g/mol. The Hall–Kier alpha value is -3.46. The Morgan fingerprint density at radius 1 is 1.33 bits per heavy atom. The van der Waals surface area contributed by atoms with Gasteiger partial charge >= 0.3 is 6.09 Å². The van der Waals surface area contributed by atoms with Gasteiger partial charge in [0, 0.05) is 47.0 Å². The van der Waals surface area contributed by atoms with Crippen LogP contribution in [-0.2, 0) is 9.53 Å².